The smallest absolute Gasteiger partial charge is 0.00413 e. The Bertz CT molecular complexity index is 143. The van der Waals surface area contributed by atoms with Gasteiger partial charge in [-0.15, -0.1) is 0 Å². The van der Waals surface area contributed by atoms with Crippen molar-refractivity contribution in [1.82, 2.24) is 4.90 Å². The maximum Gasteiger partial charge on any atom is 0.00413 e. The number of hydrogen-bond donors (Lipinski definition) is 1. The fraction of sp³-hybridized carbons (Fsp3) is 0.800. The van der Waals surface area contributed by atoms with Crippen molar-refractivity contribution in [2.75, 3.05) is 26.7 Å². The van der Waals surface area contributed by atoms with Gasteiger partial charge in [-0.3, -0.25) is 0 Å². The predicted molar refractivity (Wildman–Crippen MR) is 53.0 cm³/mol. The average Bonchev–Trinajstić information content (AvgIpc) is 2.05. The van der Waals surface area contributed by atoms with Gasteiger partial charge in [-0.25, -0.2) is 0 Å². The van der Waals surface area contributed by atoms with E-state index in [0.717, 1.165) is 18.9 Å². The Morgan fingerprint density at radius 1 is 1.58 bits per heavy atom. The zero-order valence-corrected chi connectivity index (χ0v) is 8.00. The molecule has 0 saturated carbocycles. The van der Waals surface area contributed by atoms with Gasteiger partial charge in [0, 0.05) is 6.54 Å². The van der Waals surface area contributed by atoms with E-state index in [-0.39, 0.29) is 0 Å². The molecule has 2 nitrogen and oxygen atoms in total. The average molecular weight is 168 g/mol. The van der Waals surface area contributed by atoms with E-state index < -0.39 is 0 Å². The molecule has 12 heavy (non-hydrogen) atoms. The van der Waals surface area contributed by atoms with E-state index in [0.29, 0.717) is 0 Å². The molecular formula is C10H20N2. The molecule has 1 heterocycles. The molecule has 2 heteroatoms. The summed E-state index contributed by atoms with van der Waals surface area (Å²) in [7, 11) is 2.20. The number of likely N-dealkylation sites (tertiary alicyclic amines) is 1. The summed E-state index contributed by atoms with van der Waals surface area (Å²) < 4.78 is 0. The molecule has 1 aliphatic rings. The van der Waals surface area contributed by atoms with Crippen LogP contribution in [0.25, 0.3) is 0 Å². The van der Waals surface area contributed by atoms with Crippen LogP contribution in [0, 0.1) is 5.92 Å². The molecule has 0 amide bonds. The minimum Gasteiger partial charge on any atom is -0.330 e. The van der Waals surface area contributed by atoms with Crippen LogP contribution >= 0.6 is 0 Å². The normalized spacial score (nSPS) is 26.7. The molecule has 1 saturated heterocycles. The lowest BCUT2D eigenvalue weighted by molar-refractivity contribution is 0.237. The molecule has 2 N–H and O–H groups in total. The van der Waals surface area contributed by atoms with Crippen LogP contribution in [0.3, 0.4) is 0 Å². The molecule has 0 aromatic carbocycles. The first-order valence-electron chi connectivity index (χ1n) is 4.88. The van der Waals surface area contributed by atoms with Crippen LogP contribution in [0.2, 0.25) is 0 Å². The van der Waals surface area contributed by atoms with E-state index in [1.165, 1.54) is 25.9 Å². The van der Waals surface area contributed by atoms with Crippen molar-refractivity contribution in [3.63, 3.8) is 0 Å². The monoisotopic (exact) mass is 168 g/mol. The lowest BCUT2D eigenvalue weighted by Gasteiger charge is -2.27. The van der Waals surface area contributed by atoms with Crippen molar-refractivity contribution in [2.45, 2.75) is 19.3 Å². The van der Waals surface area contributed by atoms with Crippen molar-refractivity contribution in [3.8, 4) is 0 Å². The third-order valence-corrected chi connectivity index (χ3v) is 2.40. The quantitative estimate of drug-likeness (QED) is 0.642. The van der Waals surface area contributed by atoms with E-state index >= 15 is 0 Å². The molecule has 0 aliphatic carbocycles. The van der Waals surface area contributed by atoms with Crippen LogP contribution in [0.5, 0.6) is 0 Å². The minimum atomic E-state index is 0.773. The Hall–Kier alpha value is -0.340. The summed E-state index contributed by atoms with van der Waals surface area (Å²) in [4.78, 5) is 2.40. The summed E-state index contributed by atoms with van der Waals surface area (Å²) in [5.74, 6) is 0.773. The van der Waals surface area contributed by atoms with Gasteiger partial charge >= 0.3 is 0 Å². The molecule has 1 unspecified atom stereocenters. The van der Waals surface area contributed by atoms with Crippen molar-refractivity contribution in [2.24, 2.45) is 11.7 Å². The zero-order valence-electron chi connectivity index (χ0n) is 8.00. The van der Waals surface area contributed by atoms with Crippen LogP contribution < -0.4 is 5.73 Å². The summed E-state index contributed by atoms with van der Waals surface area (Å²) in [6.07, 6.45) is 8.28. The molecule has 1 fully saturated rings. The summed E-state index contributed by atoms with van der Waals surface area (Å²) in [6, 6.07) is 0. The van der Waals surface area contributed by atoms with E-state index in [1.54, 1.807) is 0 Å². The van der Waals surface area contributed by atoms with Crippen molar-refractivity contribution < 1.29 is 0 Å². The number of nitrogens with two attached hydrogens (primary N) is 1. The lowest BCUT2D eigenvalue weighted by atomic mass is 9.98. The summed E-state index contributed by atoms with van der Waals surface area (Å²) in [6.45, 7) is 3.27. The summed E-state index contributed by atoms with van der Waals surface area (Å²) in [5.41, 5.74) is 5.41. The van der Waals surface area contributed by atoms with Gasteiger partial charge in [0.05, 0.1) is 0 Å². The first-order valence-corrected chi connectivity index (χ1v) is 4.88. The van der Waals surface area contributed by atoms with Crippen LogP contribution in [-0.2, 0) is 0 Å². The van der Waals surface area contributed by atoms with Gasteiger partial charge in [0.15, 0.2) is 0 Å². The van der Waals surface area contributed by atoms with Gasteiger partial charge < -0.3 is 10.6 Å². The van der Waals surface area contributed by atoms with Gasteiger partial charge in [0.1, 0.15) is 0 Å². The fourth-order valence-corrected chi connectivity index (χ4v) is 1.75. The van der Waals surface area contributed by atoms with Crippen LogP contribution in [0.4, 0.5) is 0 Å². The van der Waals surface area contributed by atoms with E-state index in [9.17, 15) is 0 Å². The lowest BCUT2D eigenvalue weighted by Crippen LogP contribution is -2.31. The highest BCUT2D eigenvalue weighted by Gasteiger charge is 2.13. The number of rotatable bonds is 3. The van der Waals surface area contributed by atoms with Gasteiger partial charge in [0.2, 0.25) is 0 Å². The number of hydrogen-bond acceptors (Lipinski definition) is 2. The van der Waals surface area contributed by atoms with Crippen LogP contribution in [0.1, 0.15) is 19.3 Å². The topological polar surface area (TPSA) is 29.3 Å². The predicted octanol–water partition coefficient (Wildman–Crippen LogP) is 1.23. The van der Waals surface area contributed by atoms with Crippen LogP contribution in [-0.4, -0.2) is 31.6 Å². The second-order valence-corrected chi connectivity index (χ2v) is 3.67. The molecular weight excluding hydrogens is 148 g/mol. The third-order valence-electron chi connectivity index (χ3n) is 2.40. The Morgan fingerprint density at radius 2 is 2.42 bits per heavy atom. The third kappa shape index (κ3) is 3.37. The first kappa shape index (κ1) is 9.75. The Balaban J connectivity index is 2.22. The molecule has 1 atom stereocenters. The maximum atomic E-state index is 5.41. The fourth-order valence-electron chi connectivity index (χ4n) is 1.75. The SMILES string of the molecule is CN1CCCC(/C=C\CCN)C1. The van der Waals surface area contributed by atoms with Gasteiger partial charge in [-0.2, -0.15) is 0 Å². The standard InChI is InChI=1S/C10H20N2/c1-12-8-4-6-10(9-12)5-2-3-7-11/h2,5,10H,3-4,6-9,11H2,1H3/b5-2-. The van der Waals surface area contributed by atoms with Crippen molar-refractivity contribution in [1.29, 1.82) is 0 Å². The number of nitrogens with zero attached hydrogens (tertiary/aromatic N) is 1. The van der Waals surface area contributed by atoms with E-state index in [1.807, 2.05) is 0 Å². The second kappa shape index (κ2) is 5.33. The highest BCUT2D eigenvalue weighted by Crippen LogP contribution is 2.15. The Labute approximate surface area is 75.4 Å². The molecule has 1 aliphatic heterocycles. The van der Waals surface area contributed by atoms with Crippen LogP contribution in [0.15, 0.2) is 12.2 Å². The molecule has 0 aromatic heterocycles. The minimum absolute atomic E-state index is 0.773. The van der Waals surface area contributed by atoms with Crippen molar-refractivity contribution >= 4 is 0 Å². The summed E-state index contributed by atoms with van der Waals surface area (Å²) >= 11 is 0. The molecule has 0 bridgehead atoms. The molecule has 0 radical (unpaired) electrons. The van der Waals surface area contributed by atoms with E-state index in [2.05, 4.69) is 24.1 Å². The van der Waals surface area contributed by atoms with E-state index in [4.69, 9.17) is 5.73 Å². The highest BCUT2D eigenvalue weighted by atomic mass is 15.1. The Morgan fingerprint density at radius 3 is 3.08 bits per heavy atom. The zero-order chi connectivity index (χ0) is 8.81. The van der Waals surface area contributed by atoms with Gasteiger partial charge in [-0.1, -0.05) is 12.2 Å². The highest BCUT2D eigenvalue weighted by molar-refractivity contribution is 4.91. The largest absolute Gasteiger partial charge is 0.330 e. The molecule has 0 spiro atoms. The molecule has 1 rings (SSSR count). The molecule has 0 aromatic rings. The van der Waals surface area contributed by atoms with Gasteiger partial charge in [-0.05, 0) is 45.3 Å². The molecule has 70 valence electrons. The van der Waals surface area contributed by atoms with Gasteiger partial charge in [0.25, 0.3) is 0 Å². The second-order valence-electron chi connectivity index (χ2n) is 3.67. The Kier molecular flexibility index (Phi) is 4.33. The maximum absolute atomic E-state index is 5.41. The summed E-state index contributed by atoms with van der Waals surface area (Å²) in [5, 5.41) is 0. The number of piperidine rings is 1. The first-order chi connectivity index (χ1) is 5.83. The van der Waals surface area contributed by atoms with Crippen molar-refractivity contribution in [3.05, 3.63) is 12.2 Å².